The summed E-state index contributed by atoms with van der Waals surface area (Å²) in [6.45, 7) is 8.10. The normalized spacial score (nSPS) is 12.8. The van der Waals surface area contributed by atoms with Gasteiger partial charge in [-0.3, -0.25) is 0 Å². The van der Waals surface area contributed by atoms with Gasteiger partial charge in [-0.25, -0.2) is 0 Å². The first-order chi connectivity index (χ1) is 6.24. The lowest BCUT2D eigenvalue weighted by Gasteiger charge is -2.17. The van der Waals surface area contributed by atoms with E-state index in [2.05, 4.69) is 37.9 Å². The zero-order chi connectivity index (χ0) is 9.68. The Morgan fingerprint density at radius 1 is 1.23 bits per heavy atom. The van der Waals surface area contributed by atoms with Crippen LogP contribution in [0.5, 0.6) is 0 Å². The van der Waals surface area contributed by atoms with Crippen LogP contribution in [0.3, 0.4) is 0 Å². The Bertz CT molecular complexity index is 251. The third kappa shape index (κ3) is 3.03. The molecule has 70 valence electrons. The highest BCUT2D eigenvalue weighted by Crippen LogP contribution is 2.13. The summed E-state index contributed by atoms with van der Waals surface area (Å²) < 4.78 is 0. The Labute approximate surface area is 80.5 Å². The fraction of sp³-hybridized carbons (Fsp3) is 0.333. The van der Waals surface area contributed by atoms with Gasteiger partial charge >= 0.3 is 0 Å². The Morgan fingerprint density at radius 2 is 1.85 bits per heavy atom. The molecule has 1 aromatic rings. The minimum Gasteiger partial charge on any atom is -0.305 e. The molecule has 0 aliphatic rings. The summed E-state index contributed by atoms with van der Waals surface area (Å²) in [4.78, 5) is 0. The molecule has 1 N–H and O–H groups in total. The van der Waals surface area contributed by atoms with Crippen molar-refractivity contribution < 1.29 is 0 Å². The van der Waals surface area contributed by atoms with E-state index in [9.17, 15) is 0 Å². The molecule has 0 spiro atoms. The molecule has 0 amide bonds. The molecule has 1 nitrogen and oxygen atoms in total. The Morgan fingerprint density at radius 3 is 2.31 bits per heavy atom. The minimum atomic E-state index is 0.265. The smallest absolute Gasteiger partial charge is 0.0505 e. The average molecular weight is 175 g/mol. The third-order valence-corrected chi connectivity index (χ3v) is 1.91. The van der Waals surface area contributed by atoms with E-state index in [1.165, 1.54) is 5.56 Å². The second kappa shape index (κ2) is 4.83. The van der Waals surface area contributed by atoms with E-state index in [4.69, 9.17) is 0 Å². The van der Waals surface area contributed by atoms with Crippen LogP contribution in [0.2, 0.25) is 0 Å². The van der Waals surface area contributed by atoms with E-state index in [-0.39, 0.29) is 6.04 Å². The van der Waals surface area contributed by atoms with Crippen LogP contribution in [0.1, 0.15) is 25.5 Å². The maximum atomic E-state index is 3.83. The molecule has 0 fully saturated rings. The maximum Gasteiger partial charge on any atom is 0.0505 e. The van der Waals surface area contributed by atoms with Crippen LogP contribution in [0.15, 0.2) is 43.0 Å². The molecule has 0 bridgehead atoms. The van der Waals surface area contributed by atoms with E-state index < -0.39 is 0 Å². The fourth-order valence-electron chi connectivity index (χ4n) is 1.32. The molecule has 13 heavy (non-hydrogen) atoms. The maximum absolute atomic E-state index is 3.83. The minimum absolute atomic E-state index is 0.265. The topological polar surface area (TPSA) is 12.0 Å². The molecular formula is C12H17N. The molecular weight excluding hydrogens is 158 g/mol. The zero-order valence-electron chi connectivity index (χ0n) is 8.33. The van der Waals surface area contributed by atoms with E-state index in [0.29, 0.717) is 6.04 Å². The second-order valence-electron chi connectivity index (χ2n) is 3.45. The third-order valence-electron chi connectivity index (χ3n) is 1.91. The summed E-state index contributed by atoms with van der Waals surface area (Å²) in [6, 6.07) is 11.1. The average Bonchev–Trinajstić information content (AvgIpc) is 2.15. The number of rotatable bonds is 4. The predicted molar refractivity (Wildman–Crippen MR) is 57.7 cm³/mol. The molecule has 1 atom stereocenters. The lowest BCUT2D eigenvalue weighted by molar-refractivity contribution is 0.540. The van der Waals surface area contributed by atoms with Gasteiger partial charge in [0, 0.05) is 6.04 Å². The number of hydrogen-bond acceptors (Lipinski definition) is 1. The van der Waals surface area contributed by atoms with Crippen LogP contribution in [-0.2, 0) is 0 Å². The molecule has 0 saturated carbocycles. The SMILES string of the molecule is C=CC(NC(C)C)c1ccccc1. The molecule has 1 rings (SSSR count). The van der Waals surface area contributed by atoms with Crippen molar-refractivity contribution in [1.29, 1.82) is 0 Å². The van der Waals surface area contributed by atoms with Crippen LogP contribution >= 0.6 is 0 Å². The Hall–Kier alpha value is -1.08. The van der Waals surface area contributed by atoms with Gasteiger partial charge in [-0.15, -0.1) is 6.58 Å². The fourth-order valence-corrected chi connectivity index (χ4v) is 1.32. The van der Waals surface area contributed by atoms with E-state index in [0.717, 1.165) is 0 Å². The molecule has 0 heterocycles. The first-order valence-electron chi connectivity index (χ1n) is 4.67. The molecule has 1 heteroatoms. The monoisotopic (exact) mass is 175 g/mol. The highest BCUT2D eigenvalue weighted by Gasteiger charge is 2.06. The van der Waals surface area contributed by atoms with Gasteiger partial charge in [0.05, 0.1) is 6.04 Å². The first-order valence-corrected chi connectivity index (χ1v) is 4.67. The van der Waals surface area contributed by atoms with Crippen LogP contribution in [0.4, 0.5) is 0 Å². The lowest BCUT2D eigenvalue weighted by Crippen LogP contribution is -2.26. The summed E-state index contributed by atoms with van der Waals surface area (Å²) in [5, 5.41) is 3.43. The summed E-state index contributed by atoms with van der Waals surface area (Å²) in [5.74, 6) is 0. The van der Waals surface area contributed by atoms with Crippen molar-refractivity contribution in [3.63, 3.8) is 0 Å². The summed E-state index contributed by atoms with van der Waals surface area (Å²) in [5.41, 5.74) is 1.27. The van der Waals surface area contributed by atoms with Crippen molar-refractivity contribution in [2.75, 3.05) is 0 Å². The molecule has 0 aliphatic heterocycles. The lowest BCUT2D eigenvalue weighted by atomic mass is 10.1. The van der Waals surface area contributed by atoms with Gasteiger partial charge in [0.25, 0.3) is 0 Å². The van der Waals surface area contributed by atoms with Gasteiger partial charge < -0.3 is 5.32 Å². The molecule has 0 saturated heterocycles. The van der Waals surface area contributed by atoms with Gasteiger partial charge in [0.1, 0.15) is 0 Å². The van der Waals surface area contributed by atoms with Crippen LogP contribution in [0.25, 0.3) is 0 Å². The van der Waals surface area contributed by atoms with Crippen molar-refractivity contribution in [1.82, 2.24) is 5.32 Å². The van der Waals surface area contributed by atoms with Crippen molar-refractivity contribution >= 4 is 0 Å². The van der Waals surface area contributed by atoms with Crippen LogP contribution in [0, 0.1) is 0 Å². The predicted octanol–water partition coefficient (Wildman–Crippen LogP) is 2.91. The molecule has 0 aromatic heterocycles. The number of nitrogens with one attached hydrogen (secondary N) is 1. The van der Waals surface area contributed by atoms with Gasteiger partial charge in [-0.2, -0.15) is 0 Å². The van der Waals surface area contributed by atoms with Crippen molar-refractivity contribution in [2.45, 2.75) is 25.9 Å². The highest BCUT2D eigenvalue weighted by atomic mass is 14.9. The quantitative estimate of drug-likeness (QED) is 0.694. The first kappa shape index (κ1) is 10.0. The number of benzene rings is 1. The molecule has 0 aliphatic carbocycles. The second-order valence-corrected chi connectivity index (χ2v) is 3.45. The van der Waals surface area contributed by atoms with Gasteiger partial charge in [0.15, 0.2) is 0 Å². The zero-order valence-corrected chi connectivity index (χ0v) is 8.33. The molecule has 1 unspecified atom stereocenters. The standard InChI is InChI=1S/C12H17N/c1-4-12(13-10(2)3)11-8-6-5-7-9-11/h4-10,12-13H,1H2,2-3H3. The molecule has 0 radical (unpaired) electrons. The summed E-state index contributed by atoms with van der Waals surface area (Å²) in [7, 11) is 0. The number of hydrogen-bond donors (Lipinski definition) is 1. The Balaban J connectivity index is 2.73. The van der Waals surface area contributed by atoms with E-state index in [1.54, 1.807) is 0 Å². The van der Waals surface area contributed by atoms with Crippen LogP contribution in [-0.4, -0.2) is 6.04 Å². The van der Waals surface area contributed by atoms with Crippen LogP contribution < -0.4 is 5.32 Å². The van der Waals surface area contributed by atoms with Gasteiger partial charge in [0.2, 0.25) is 0 Å². The van der Waals surface area contributed by atoms with Crippen molar-refractivity contribution in [2.24, 2.45) is 0 Å². The van der Waals surface area contributed by atoms with Crippen molar-refractivity contribution in [3.8, 4) is 0 Å². The summed E-state index contributed by atoms with van der Waals surface area (Å²) in [6.07, 6.45) is 1.94. The van der Waals surface area contributed by atoms with Gasteiger partial charge in [-0.05, 0) is 19.4 Å². The van der Waals surface area contributed by atoms with Crippen molar-refractivity contribution in [3.05, 3.63) is 48.6 Å². The van der Waals surface area contributed by atoms with E-state index >= 15 is 0 Å². The highest BCUT2D eigenvalue weighted by molar-refractivity contribution is 5.22. The largest absolute Gasteiger partial charge is 0.305 e. The summed E-state index contributed by atoms with van der Waals surface area (Å²) >= 11 is 0. The van der Waals surface area contributed by atoms with Gasteiger partial charge in [-0.1, -0.05) is 36.4 Å². The Kier molecular flexibility index (Phi) is 3.71. The van der Waals surface area contributed by atoms with E-state index in [1.807, 2.05) is 24.3 Å². The molecule has 1 aromatic carbocycles.